The van der Waals surface area contributed by atoms with Crippen LogP contribution in [0.2, 0.25) is 0 Å². The third kappa shape index (κ3) is 3.11. The first-order valence-electron chi connectivity index (χ1n) is 5.37. The zero-order chi connectivity index (χ0) is 10.4. The minimum atomic E-state index is -0.402. The lowest BCUT2D eigenvalue weighted by Crippen LogP contribution is -2.01. The predicted octanol–water partition coefficient (Wildman–Crippen LogP) is 2.87. The van der Waals surface area contributed by atoms with Crippen LogP contribution in [0.1, 0.15) is 50.5 Å². The molecule has 2 heteroatoms. The van der Waals surface area contributed by atoms with E-state index in [0.29, 0.717) is 0 Å². The van der Waals surface area contributed by atoms with Crippen molar-refractivity contribution in [2.75, 3.05) is 0 Å². The maximum Gasteiger partial charge on any atom is 0.0779 e. The first-order valence-corrected chi connectivity index (χ1v) is 5.37. The molecule has 1 atom stereocenters. The third-order valence-corrected chi connectivity index (χ3v) is 2.39. The summed E-state index contributed by atoms with van der Waals surface area (Å²) in [5.74, 6) is 0. The van der Waals surface area contributed by atoms with Crippen molar-refractivity contribution in [1.82, 2.24) is 4.98 Å². The fourth-order valence-corrected chi connectivity index (χ4v) is 1.58. The molecule has 0 aliphatic heterocycles. The number of pyridine rings is 1. The number of aliphatic hydroxyl groups is 1. The minimum absolute atomic E-state index is 0.402. The van der Waals surface area contributed by atoms with Crippen LogP contribution in [0.5, 0.6) is 0 Å². The monoisotopic (exact) mass is 193 g/mol. The number of hydrogen-bond acceptors (Lipinski definition) is 2. The van der Waals surface area contributed by atoms with E-state index in [9.17, 15) is 5.11 Å². The van der Waals surface area contributed by atoms with Crippen LogP contribution in [0.15, 0.2) is 18.3 Å². The molecule has 1 aromatic heterocycles. The molecule has 0 fully saturated rings. The number of aryl methyl sites for hydroxylation is 1. The van der Waals surface area contributed by atoms with Gasteiger partial charge in [0.15, 0.2) is 0 Å². The molecule has 1 unspecified atom stereocenters. The van der Waals surface area contributed by atoms with Gasteiger partial charge in [0.2, 0.25) is 0 Å². The molecule has 0 amide bonds. The Morgan fingerprint density at radius 1 is 1.43 bits per heavy atom. The second-order valence-electron chi connectivity index (χ2n) is 3.67. The van der Waals surface area contributed by atoms with Crippen molar-refractivity contribution in [3.05, 3.63) is 29.6 Å². The molecule has 0 bridgehead atoms. The minimum Gasteiger partial charge on any atom is -0.389 e. The molecule has 1 aromatic rings. The molecule has 0 spiro atoms. The maximum absolute atomic E-state index is 9.52. The Bertz CT molecular complexity index is 271. The van der Waals surface area contributed by atoms with E-state index in [4.69, 9.17) is 0 Å². The van der Waals surface area contributed by atoms with Crippen molar-refractivity contribution in [1.29, 1.82) is 0 Å². The Morgan fingerprint density at radius 3 is 2.86 bits per heavy atom. The topological polar surface area (TPSA) is 33.1 Å². The van der Waals surface area contributed by atoms with E-state index in [-0.39, 0.29) is 0 Å². The van der Waals surface area contributed by atoms with Gasteiger partial charge in [0.1, 0.15) is 0 Å². The zero-order valence-corrected chi connectivity index (χ0v) is 9.03. The summed E-state index contributed by atoms with van der Waals surface area (Å²) in [4.78, 5) is 4.31. The second-order valence-corrected chi connectivity index (χ2v) is 3.67. The third-order valence-electron chi connectivity index (χ3n) is 2.39. The highest BCUT2D eigenvalue weighted by molar-refractivity contribution is 5.21. The van der Waals surface area contributed by atoms with Gasteiger partial charge in [0.05, 0.1) is 6.10 Å². The fraction of sp³-hybridized carbons (Fsp3) is 0.583. The molecule has 1 rings (SSSR count). The molecule has 1 heterocycles. The van der Waals surface area contributed by atoms with Crippen LogP contribution < -0.4 is 0 Å². The Hall–Kier alpha value is -0.890. The van der Waals surface area contributed by atoms with Gasteiger partial charge in [-0.25, -0.2) is 0 Å². The Labute approximate surface area is 86.0 Å². The van der Waals surface area contributed by atoms with E-state index >= 15 is 0 Å². The largest absolute Gasteiger partial charge is 0.389 e. The van der Waals surface area contributed by atoms with Gasteiger partial charge in [0, 0.05) is 17.5 Å². The normalized spacial score (nSPS) is 12.8. The number of nitrogens with zero attached hydrogens (tertiary/aromatic N) is 1. The van der Waals surface area contributed by atoms with Crippen LogP contribution in [0.4, 0.5) is 0 Å². The molecule has 0 saturated carbocycles. The van der Waals surface area contributed by atoms with Crippen molar-refractivity contribution in [2.24, 2.45) is 0 Å². The summed E-state index contributed by atoms with van der Waals surface area (Å²) >= 11 is 0. The number of aliphatic hydroxyl groups excluding tert-OH is 1. The van der Waals surface area contributed by atoms with Gasteiger partial charge in [-0.3, -0.25) is 4.98 Å². The maximum atomic E-state index is 9.52. The molecular weight excluding hydrogens is 174 g/mol. The van der Waals surface area contributed by atoms with Gasteiger partial charge in [0.25, 0.3) is 0 Å². The predicted molar refractivity (Wildman–Crippen MR) is 58.1 cm³/mol. The van der Waals surface area contributed by atoms with E-state index in [0.717, 1.165) is 24.1 Å². The summed E-state index contributed by atoms with van der Waals surface area (Å²) in [6.45, 7) is 3.98. The average Bonchev–Trinajstić information content (AvgIpc) is 2.19. The number of hydrogen-bond donors (Lipinski definition) is 1. The van der Waals surface area contributed by atoms with E-state index in [1.54, 1.807) is 13.1 Å². The highest BCUT2D eigenvalue weighted by Crippen LogP contribution is 2.17. The smallest absolute Gasteiger partial charge is 0.0779 e. The van der Waals surface area contributed by atoms with E-state index in [1.807, 2.05) is 12.1 Å². The molecule has 1 N–H and O–H groups in total. The molecule has 78 valence electrons. The van der Waals surface area contributed by atoms with E-state index < -0.39 is 6.10 Å². The molecule has 2 nitrogen and oxygen atoms in total. The van der Waals surface area contributed by atoms with E-state index in [1.165, 1.54) is 12.8 Å². The molecule has 0 aromatic carbocycles. The SMILES string of the molecule is CCCCCc1ncccc1C(C)O. The summed E-state index contributed by atoms with van der Waals surface area (Å²) in [6.07, 6.45) is 5.99. The lowest BCUT2D eigenvalue weighted by atomic mass is 10.0. The molecule has 0 aliphatic carbocycles. The first kappa shape index (κ1) is 11.2. The molecular formula is C12H19NO. The Morgan fingerprint density at radius 2 is 2.21 bits per heavy atom. The molecule has 0 saturated heterocycles. The van der Waals surface area contributed by atoms with Gasteiger partial charge < -0.3 is 5.11 Å². The van der Waals surface area contributed by atoms with Gasteiger partial charge in [-0.15, -0.1) is 0 Å². The van der Waals surface area contributed by atoms with Crippen LogP contribution in [0.25, 0.3) is 0 Å². The number of unbranched alkanes of at least 4 members (excludes halogenated alkanes) is 2. The van der Waals surface area contributed by atoms with Crippen LogP contribution in [0.3, 0.4) is 0 Å². The average molecular weight is 193 g/mol. The highest BCUT2D eigenvalue weighted by atomic mass is 16.3. The Balaban J connectivity index is 2.64. The van der Waals surface area contributed by atoms with Gasteiger partial charge in [-0.1, -0.05) is 25.8 Å². The van der Waals surface area contributed by atoms with Crippen LogP contribution >= 0.6 is 0 Å². The van der Waals surface area contributed by atoms with Crippen LogP contribution in [0, 0.1) is 0 Å². The first-order chi connectivity index (χ1) is 6.75. The summed E-state index contributed by atoms with van der Waals surface area (Å²) < 4.78 is 0. The standard InChI is InChI=1S/C12H19NO/c1-3-4-5-8-12-11(10(2)14)7-6-9-13-12/h6-7,9-10,14H,3-5,8H2,1-2H3. The van der Waals surface area contributed by atoms with Gasteiger partial charge >= 0.3 is 0 Å². The van der Waals surface area contributed by atoms with Crippen molar-refractivity contribution >= 4 is 0 Å². The molecule has 0 radical (unpaired) electrons. The fourth-order valence-electron chi connectivity index (χ4n) is 1.58. The number of aromatic nitrogens is 1. The Kier molecular flexibility index (Phi) is 4.60. The highest BCUT2D eigenvalue weighted by Gasteiger charge is 2.07. The second kappa shape index (κ2) is 5.76. The van der Waals surface area contributed by atoms with Crippen molar-refractivity contribution in [3.8, 4) is 0 Å². The van der Waals surface area contributed by atoms with Gasteiger partial charge in [-0.05, 0) is 25.8 Å². The van der Waals surface area contributed by atoms with Crippen molar-refractivity contribution in [2.45, 2.75) is 45.6 Å². The van der Waals surface area contributed by atoms with Crippen molar-refractivity contribution < 1.29 is 5.11 Å². The summed E-state index contributed by atoms with van der Waals surface area (Å²) in [7, 11) is 0. The quantitative estimate of drug-likeness (QED) is 0.729. The molecule has 0 aliphatic rings. The zero-order valence-electron chi connectivity index (χ0n) is 9.03. The van der Waals surface area contributed by atoms with Crippen LogP contribution in [-0.2, 0) is 6.42 Å². The summed E-state index contributed by atoms with van der Waals surface area (Å²) in [5.41, 5.74) is 2.03. The molecule has 14 heavy (non-hydrogen) atoms. The van der Waals surface area contributed by atoms with Crippen molar-refractivity contribution in [3.63, 3.8) is 0 Å². The lowest BCUT2D eigenvalue weighted by Gasteiger charge is -2.09. The lowest BCUT2D eigenvalue weighted by molar-refractivity contribution is 0.197. The van der Waals surface area contributed by atoms with Gasteiger partial charge in [-0.2, -0.15) is 0 Å². The van der Waals surface area contributed by atoms with E-state index in [2.05, 4.69) is 11.9 Å². The summed E-state index contributed by atoms with van der Waals surface area (Å²) in [5, 5.41) is 9.52. The summed E-state index contributed by atoms with van der Waals surface area (Å²) in [6, 6.07) is 3.84. The number of rotatable bonds is 5. The van der Waals surface area contributed by atoms with Crippen LogP contribution in [-0.4, -0.2) is 10.1 Å².